The number of ether oxygens (including phenoxy) is 1. The molecule has 0 radical (unpaired) electrons. The van der Waals surface area contributed by atoms with Crippen molar-refractivity contribution in [3.8, 4) is 0 Å². The van der Waals surface area contributed by atoms with Gasteiger partial charge in [-0.2, -0.15) is 0 Å². The number of hydrogen-bond acceptors (Lipinski definition) is 5. The third-order valence-corrected chi connectivity index (χ3v) is 4.92. The molecule has 27 heavy (non-hydrogen) atoms. The zero-order valence-electron chi connectivity index (χ0n) is 15.1. The Kier molecular flexibility index (Phi) is 5.98. The second-order valence-corrected chi connectivity index (χ2v) is 7.20. The van der Waals surface area contributed by atoms with Crippen LogP contribution in [0.5, 0.6) is 0 Å². The van der Waals surface area contributed by atoms with Gasteiger partial charge in [0.2, 0.25) is 0 Å². The minimum atomic E-state index is -0.872. The standard InChI is InChI=1S/C21H20N2O3S/c1-14-7-9-16(10-8-14)13-22-21(25)15(2)26-20(24)12-11-19-23-17-5-3-4-6-18(17)27-19/h3-12,15H,13H2,1-2H3,(H,22,25)/b12-11+/t15-/m0/s1. The Hall–Kier alpha value is -2.99. The fourth-order valence-electron chi connectivity index (χ4n) is 2.41. The summed E-state index contributed by atoms with van der Waals surface area (Å²) in [5.74, 6) is -0.912. The van der Waals surface area contributed by atoms with Gasteiger partial charge in [-0.25, -0.2) is 9.78 Å². The van der Waals surface area contributed by atoms with Crippen LogP contribution in [0, 0.1) is 6.92 Å². The zero-order chi connectivity index (χ0) is 19.2. The lowest BCUT2D eigenvalue weighted by Gasteiger charge is -2.12. The second-order valence-electron chi connectivity index (χ2n) is 6.14. The molecule has 3 aromatic rings. The van der Waals surface area contributed by atoms with E-state index in [1.807, 2.05) is 55.5 Å². The Bertz CT molecular complexity index is 944. The number of hydrogen-bond donors (Lipinski definition) is 1. The van der Waals surface area contributed by atoms with Gasteiger partial charge in [-0.1, -0.05) is 42.0 Å². The molecule has 1 atom stereocenters. The zero-order valence-corrected chi connectivity index (χ0v) is 16.0. The number of amides is 1. The predicted octanol–water partition coefficient (Wildman–Crippen LogP) is 3.87. The van der Waals surface area contributed by atoms with Gasteiger partial charge in [0.05, 0.1) is 10.2 Å². The van der Waals surface area contributed by atoms with Crippen molar-refractivity contribution >= 4 is 39.5 Å². The largest absolute Gasteiger partial charge is 0.449 e. The first kappa shape index (κ1) is 18.8. The molecule has 138 valence electrons. The maximum Gasteiger partial charge on any atom is 0.331 e. The maximum absolute atomic E-state index is 12.1. The van der Waals surface area contributed by atoms with Crippen LogP contribution in [0.4, 0.5) is 0 Å². The minimum absolute atomic E-state index is 0.336. The van der Waals surface area contributed by atoms with E-state index in [4.69, 9.17) is 4.74 Å². The van der Waals surface area contributed by atoms with Gasteiger partial charge >= 0.3 is 5.97 Å². The number of carbonyl (C=O) groups is 2. The Balaban J connectivity index is 1.50. The molecule has 6 heteroatoms. The van der Waals surface area contributed by atoms with Crippen LogP contribution in [0.25, 0.3) is 16.3 Å². The van der Waals surface area contributed by atoms with Crippen molar-refractivity contribution in [2.75, 3.05) is 0 Å². The summed E-state index contributed by atoms with van der Waals surface area (Å²) in [6.45, 7) is 3.95. The van der Waals surface area contributed by atoms with E-state index in [0.29, 0.717) is 11.6 Å². The van der Waals surface area contributed by atoms with Crippen molar-refractivity contribution < 1.29 is 14.3 Å². The molecule has 0 aliphatic carbocycles. The van der Waals surface area contributed by atoms with Crippen molar-refractivity contribution in [1.29, 1.82) is 0 Å². The highest BCUT2D eigenvalue weighted by atomic mass is 32.1. The van der Waals surface area contributed by atoms with Crippen molar-refractivity contribution in [3.63, 3.8) is 0 Å². The van der Waals surface area contributed by atoms with Crippen LogP contribution in [0.3, 0.4) is 0 Å². The first-order chi connectivity index (χ1) is 13.0. The van der Waals surface area contributed by atoms with Crippen molar-refractivity contribution in [2.45, 2.75) is 26.5 Å². The summed E-state index contributed by atoms with van der Waals surface area (Å²) in [6, 6.07) is 15.6. The predicted molar refractivity (Wildman–Crippen MR) is 107 cm³/mol. The van der Waals surface area contributed by atoms with E-state index >= 15 is 0 Å². The fourth-order valence-corrected chi connectivity index (χ4v) is 3.28. The van der Waals surface area contributed by atoms with Gasteiger partial charge in [0.15, 0.2) is 6.10 Å². The van der Waals surface area contributed by atoms with Crippen molar-refractivity contribution in [2.24, 2.45) is 0 Å². The Morgan fingerprint density at radius 2 is 1.93 bits per heavy atom. The number of esters is 1. The highest BCUT2D eigenvalue weighted by Gasteiger charge is 2.16. The summed E-state index contributed by atoms with van der Waals surface area (Å²) in [7, 11) is 0. The number of carbonyl (C=O) groups excluding carboxylic acids is 2. The molecule has 0 unspecified atom stereocenters. The number of thiazole rings is 1. The van der Waals surface area contributed by atoms with Crippen LogP contribution in [-0.2, 0) is 20.9 Å². The number of rotatable bonds is 6. The molecule has 0 aliphatic rings. The van der Waals surface area contributed by atoms with E-state index in [0.717, 1.165) is 21.3 Å². The molecule has 1 aromatic heterocycles. The summed E-state index contributed by atoms with van der Waals surface area (Å²) >= 11 is 1.49. The second kappa shape index (κ2) is 8.60. The van der Waals surface area contributed by atoms with Crippen LogP contribution in [0.2, 0.25) is 0 Å². The van der Waals surface area contributed by atoms with Gasteiger partial charge in [-0.05, 0) is 37.6 Å². The van der Waals surface area contributed by atoms with Crippen LogP contribution in [0.1, 0.15) is 23.1 Å². The van der Waals surface area contributed by atoms with Crippen LogP contribution in [-0.4, -0.2) is 23.0 Å². The molecule has 1 N–H and O–H groups in total. The number of benzene rings is 2. The smallest absolute Gasteiger partial charge is 0.331 e. The molecule has 0 aliphatic heterocycles. The van der Waals surface area contributed by atoms with Gasteiger partial charge in [0, 0.05) is 12.6 Å². The average molecular weight is 380 g/mol. The lowest BCUT2D eigenvalue weighted by atomic mass is 10.1. The molecule has 0 spiro atoms. The number of para-hydroxylation sites is 1. The molecule has 2 aromatic carbocycles. The molecular weight excluding hydrogens is 360 g/mol. The lowest BCUT2D eigenvalue weighted by Crippen LogP contribution is -2.35. The SMILES string of the molecule is Cc1ccc(CNC(=O)[C@H](C)OC(=O)/C=C/c2nc3ccccc3s2)cc1. The maximum atomic E-state index is 12.1. The summed E-state index contributed by atoms with van der Waals surface area (Å²) in [4.78, 5) is 28.4. The third kappa shape index (κ3) is 5.24. The van der Waals surface area contributed by atoms with Gasteiger partial charge in [-0.15, -0.1) is 11.3 Å². The molecule has 0 fully saturated rings. The number of aryl methyl sites for hydroxylation is 1. The third-order valence-electron chi connectivity index (χ3n) is 3.92. The van der Waals surface area contributed by atoms with E-state index in [1.54, 1.807) is 13.0 Å². The summed E-state index contributed by atoms with van der Waals surface area (Å²) in [5.41, 5.74) is 3.04. The summed E-state index contributed by atoms with van der Waals surface area (Å²) in [5, 5.41) is 3.48. The first-order valence-corrected chi connectivity index (χ1v) is 9.40. The molecule has 0 saturated heterocycles. The van der Waals surface area contributed by atoms with Crippen molar-refractivity contribution in [1.82, 2.24) is 10.3 Å². The van der Waals surface area contributed by atoms with E-state index in [1.165, 1.54) is 17.4 Å². The molecule has 1 heterocycles. The van der Waals surface area contributed by atoms with Gasteiger partial charge in [-0.3, -0.25) is 4.79 Å². The number of aromatic nitrogens is 1. The fraction of sp³-hybridized carbons (Fsp3) is 0.190. The van der Waals surface area contributed by atoms with E-state index in [9.17, 15) is 9.59 Å². The normalized spacial score (nSPS) is 12.2. The topological polar surface area (TPSA) is 68.3 Å². The molecule has 1 amide bonds. The van der Waals surface area contributed by atoms with Gasteiger partial charge in [0.1, 0.15) is 5.01 Å². The van der Waals surface area contributed by atoms with Gasteiger partial charge in [0.25, 0.3) is 5.91 Å². The van der Waals surface area contributed by atoms with Gasteiger partial charge < -0.3 is 10.1 Å². The number of fused-ring (bicyclic) bond motifs is 1. The van der Waals surface area contributed by atoms with Crippen LogP contribution < -0.4 is 5.32 Å². The first-order valence-electron chi connectivity index (χ1n) is 8.59. The average Bonchev–Trinajstić information content (AvgIpc) is 3.08. The van der Waals surface area contributed by atoms with Crippen molar-refractivity contribution in [3.05, 3.63) is 70.7 Å². The monoisotopic (exact) mass is 380 g/mol. The minimum Gasteiger partial charge on any atom is -0.449 e. The van der Waals surface area contributed by atoms with E-state index in [-0.39, 0.29) is 5.91 Å². The molecule has 0 saturated carbocycles. The Labute approximate surface area is 161 Å². The molecule has 3 rings (SSSR count). The lowest BCUT2D eigenvalue weighted by molar-refractivity contribution is -0.150. The molecule has 0 bridgehead atoms. The quantitative estimate of drug-likeness (QED) is 0.521. The Morgan fingerprint density at radius 3 is 2.67 bits per heavy atom. The molecular formula is C21H20N2O3S. The molecule has 5 nitrogen and oxygen atoms in total. The Morgan fingerprint density at radius 1 is 1.19 bits per heavy atom. The van der Waals surface area contributed by atoms with Crippen LogP contribution >= 0.6 is 11.3 Å². The van der Waals surface area contributed by atoms with E-state index in [2.05, 4.69) is 10.3 Å². The van der Waals surface area contributed by atoms with E-state index < -0.39 is 12.1 Å². The highest BCUT2D eigenvalue weighted by molar-refractivity contribution is 7.19. The van der Waals surface area contributed by atoms with Crippen LogP contribution in [0.15, 0.2) is 54.6 Å². The summed E-state index contributed by atoms with van der Waals surface area (Å²) < 4.78 is 6.20. The number of nitrogens with zero attached hydrogens (tertiary/aromatic N) is 1. The highest BCUT2D eigenvalue weighted by Crippen LogP contribution is 2.22. The summed E-state index contributed by atoms with van der Waals surface area (Å²) in [6.07, 6.45) is 2.02. The number of nitrogens with one attached hydrogen (secondary N) is 1.